The van der Waals surface area contributed by atoms with Gasteiger partial charge in [0.1, 0.15) is 0 Å². The summed E-state index contributed by atoms with van der Waals surface area (Å²) in [5, 5.41) is 7.85. The number of aryl methyl sites for hydroxylation is 3. The maximum atomic E-state index is 4.42. The van der Waals surface area contributed by atoms with Gasteiger partial charge >= 0.3 is 0 Å². The molecule has 1 N–H and O–H groups in total. The van der Waals surface area contributed by atoms with Crippen LogP contribution in [0.5, 0.6) is 0 Å². The highest BCUT2D eigenvalue weighted by Crippen LogP contribution is 2.26. The van der Waals surface area contributed by atoms with Gasteiger partial charge in [-0.05, 0) is 43.5 Å². The minimum atomic E-state index is 0.945. The summed E-state index contributed by atoms with van der Waals surface area (Å²) in [4.78, 5) is 0. The first-order valence-electron chi connectivity index (χ1n) is 6.92. The zero-order chi connectivity index (χ0) is 13.8. The highest BCUT2D eigenvalue weighted by Gasteiger charge is 2.08. The van der Waals surface area contributed by atoms with E-state index in [9.17, 15) is 0 Å². The van der Waals surface area contributed by atoms with E-state index in [1.165, 1.54) is 28.7 Å². The Labute approximate surface area is 115 Å². The van der Waals surface area contributed by atoms with Gasteiger partial charge in [-0.15, -0.1) is 0 Å². The molecule has 19 heavy (non-hydrogen) atoms. The molecule has 0 aliphatic carbocycles. The average molecular weight is 257 g/mol. The third-order valence-corrected chi connectivity index (χ3v) is 3.35. The standard InChI is InChI=1S/C16H23N3/c1-5-8-17-10-14-6-7-15(12(2)9-14)16-11-19(4)18-13(16)3/h6-7,9,11,17H,5,8,10H2,1-4H3. The molecule has 1 aromatic carbocycles. The predicted molar refractivity (Wildman–Crippen MR) is 80.1 cm³/mol. The Balaban J connectivity index is 2.22. The van der Waals surface area contributed by atoms with Gasteiger partial charge in [-0.2, -0.15) is 5.10 Å². The summed E-state index contributed by atoms with van der Waals surface area (Å²) >= 11 is 0. The Hall–Kier alpha value is -1.61. The van der Waals surface area contributed by atoms with E-state index in [-0.39, 0.29) is 0 Å². The first kappa shape index (κ1) is 13.8. The van der Waals surface area contributed by atoms with Crippen molar-refractivity contribution in [1.82, 2.24) is 15.1 Å². The second kappa shape index (κ2) is 6.02. The molecule has 0 atom stereocenters. The number of nitrogens with one attached hydrogen (secondary N) is 1. The van der Waals surface area contributed by atoms with Gasteiger partial charge < -0.3 is 5.32 Å². The van der Waals surface area contributed by atoms with E-state index in [1.54, 1.807) is 0 Å². The zero-order valence-electron chi connectivity index (χ0n) is 12.3. The fourth-order valence-electron chi connectivity index (χ4n) is 2.41. The number of nitrogens with zero attached hydrogens (tertiary/aromatic N) is 2. The zero-order valence-corrected chi connectivity index (χ0v) is 12.3. The molecule has 102 valence electrons. The minimum absolute atomic E-state index is 0.945. The summed E-state index contributed by atoms with van der Waals surface area (Å²) < 4.78 is 1.88. The van der Waals surface area contributed by atoms with Crippen LogP contribution in [0.15, 0.2) is 24.4 Å². The fraction of sp³-hybridized carbons (Fsp3) is 0.438. The van der Waals surface area contributed by atoms with Crippen LogP contribution < -0.4 is 5.32 Å². The summed E-state index contributed by atoms with van der Waals surface area (Å²) in [6.45, 7) is 8.44. The van der Waals surface area contributed by atoms with E-state index >= 15 is 0 Å². The van der Waals surface area contributed by atoms with Crippen LogP contribution in [0, 0.1) is 13.8 Å². The van der Waals surface area contributed by atoms with Gasteiger partial charge in [0.25, 0.3) is 0 Å². The SMILES string of the molecule is CCCNCc1ccc(-c2cn(C)nc2C)c(C)c1. The molecular weight excluding hydrogens is 234 g/mol. The van der Waals surface area contributed by atoms with Crippen LogP contribution in [-0.4, -0.2) is 16.3 Å². The van der Waals surface area contributed by atoms with Crippen molar-refractivity contribution in [3.63, 3.8) is 0 Å². The Morgan fingerprint density at radius 2 is 2.00 bits per heavy atom. The smallest absolute Gasteiger partial charge is 0.0672 e. The van der Waals surface area contributed by atoms with Gasteiger partial charge in [0, 0.05) is 25.4 Å². The summed E-state index contributed by atoms with van der Waals surface area (Å²) in [6.07, 6.45) is 3.26. The monoisotopic (exact) mass is 257 g/mol. The van der Waals surface area contributed by atoms with E-state index in [0.29, 0.717) is 0 Å². The number of hydrogen-bond acceptors (Lipinski definition) is 2. The molecule has 0 bridgehead atoms. The van der Waals surface area contributed by atoms with E-state index in [4.69, 9.17) is 0 Å². The van der Waals surface area contributed by atoms with Gasteiger partial charge in [0.05, 0.1) is 5.69 Å². The molecule has 0 aliphatic heterocycles. The topological polar surface area (TPSA) is 29.9 Å². The lowest BCUT2D eigenvalue weighted by Gasteiger charge is -2.09. The molecular formula is C16H23N3. The fourth-order valence-corrected chi connectivity index (χ4v) is 2.41. The van der Waals surface area contributed by atoms with E-state index in [1.807, 2.05) is 11.7 Å². The highest BCUT2D eigenvalue weighted by molar-refractivity contribution is 5.69. The quantitative estimate of drug-likeness (QED) is 0.834. The Kier molecular flexibility index (Phi) is 4.38. The largest absolute Gasteiger partial charge is 0.313 e. The van der Waals surface area contributed by atoms with Gasteiger partial charge in [-0.1, -0.05) is 25.1 Å². The van der Waals surface area contributed by atoms with Crippen LogP contribution in [0.25, 0.3) is 11.1 Å². The lowest BCUT2D eigenvalue weighted by molar-refractivity contribution is 0.675. The molecule has 0 amide bonds. The van der Waals surface area contributed by atoms with Crippen molar-refractivity contribution in [3.8, 4) is 11.1 Å². The number of hydrogen-bond donors (Lipinski definition) is 1. The molecule has 2 rings (SSSR count). The van der Waals surface area contributed by atoms with Crippen LogP contribution in [0.1, 0.15) is 30.2 Å². The number of aromatic nitrogens is 2. The third-order valence-electron chi connectivity index (χ3n) is 3.35. The predicted octanol–water partition coefficient (Wildman–Crippen LogP) is 3.20. The summed E-state index contributed by atoms with van der Waals surface area (Å²) in [5.41, 5.74) is 6.25. The van der Waals surface area contributed by atoms with Gasteiger partial charge in [0.15, 0.2) is 0 Å². The maximum absolute atomic E-state index is 4.42. The molecule has 0 spiro atoms. The average Bonchev–Trinajstić information content (AvgIpc) is 2.69. The Morgan fingerprint density at radius 3 is 2.58 bits per heavy atom. The van der Waals surface area contributed by atoms with E-state index in [2.05, 4.69) is 55.6 Å². The van der Waals surface area contributed by atoms with Crippen molar-refractivity contribution in [2.45, 2.75) is 33.7 Å². The first-order chi connectivity index (χ1) is 9.11. The minimum Gasteiger partial charge on any atom is -0.313 e. The van der Waals surface area contributed by atoms with E-state index in [0.717, 1.165) is 18.8 Å². The summed E-state index contributed by atoms with van der Waals surface area (Å²) in [6, 6.07) is 6.68. The molecule has 0 fully saturated rings. The molecule has 0 radical (unpaired) electrons. The van der Waals surface area contributed by atoms with Gasteiger partial charge in [-0.3, -0.25) is 4.68 Å². The molecule has 0 saturated heterocycles. The Bertz CT molecular complexity index is 555. The molecule has 1 aromatic heterocycles. The molecule has 0 aliphatic rings. The molecule has 0 saturated carbocycles. The molecule has 3 heteroatoms. The van der Waals surface area contributed by atoms with Crippen molar-refractivity contribution in [3.05, 3.63) is 41.2 Å². The second-order valence-corrected chi connectivity index (χ2v) is 5.13. The Morgan fingerprint density at radius 1 is 1.21 bits per heavy atom. The van der Waals surface area contributed by atoms with Crippen molar-refractivity contribution >= 4 is 0 Å². The molecule has 3 nitrogen and oxygen atoms in total. The van der Waals surface area contributed by atoms with Crippen molar-refractivity contribution in [1.29, 1.82) is 0 Å². The lowest BCUT2D eigenvalue weighted by Crippen LogP contribution is -2.13. The van der Waals surface area contributed by atoms with Crippen molar-refractivity contribution in [2.24, 2.45) is 7.05 Å². The molecule has 1 heterocycles. The second-order valence-electron chi connectivity index (χ2n) is 5.13. The van der Waals surface area contributed by atoms with Crippen LogP contribution in [0.2, 0.25) is 0 Å². The lowest BCUT2D eigenvalue weighted by atomic mass is 9.99. The van der Waals surface area contributed by atoms with Crippen LogP contribution in [0.4, 0.5) is 0 Å². The molecule has 0 unspecified atom stereocenters. The van der Waals surface area contributed by atoms with Crippen LogP contribution >= 0.6 is 0 Å². The van der Waals surface area contributed by atoms with Crippen LogP contribution in [0.3, 0.4) is 0 Å². The number of benzene rings is 1. The first-order valence-corrected chi connectivity index (χ1v) is 6.92. The van der Waals surface area contributed by atoms with E-state index < -0.39 is 0 Å². The third kappa shape index (κ3) is 3.24. The summed E-state index contributed by atoms with van der Waals surface area (Å²) in [7, 11) is 1.97. The van der Waals surface area contributed by atoms with Gasteiger partial charge in [-0.25, -0.2) is 0 Å². The summed E-state index contributed by atoms with van der Waals surface area (Å²) in [5.74, 6) is 0. The van der Waals surface area contributed by atoms with Crippen LogP contribution in [-0.2, 0) is 13.6 Å². The normalized spacial score (nSPS) is 10.9. The van der Waals surface area contributed by atoms with Crippen molar-refractivity contribution < 1.29 is 0 Å². The highest BCUT2D eigenvalue weighted by atomic mass is 15.2. The maximum Gasteiger partial charge on any atom is 0.0672 e. The molecule has 2 aromatic rings. The van der Waals surface area contributed by atoms with Gasteiger partial charge in [0.2, 0.25) is 0 Å². The van der Waals surface area contributed by atoms with Crippen molar-refractivity contribution in [2.75, 3.05) is 6.54 Å². The number of rotatable bonds is 5.